The lowest BCUT2D eigenvalue weighted by molar-refractivity contribution is 0.100. The third-order valence-corrected chi connectivity index (χ3v) is 5.89. The van der Waals surface area contributed by atoms with Gasteiger partial charge in [0.15, 0.2) is 0 Å². The van der Waals surface area contributed by atoms with Crippen molar-refractivity contribution < 1.29 is 9.59 Å². The summed E-state index contributed by atoms with van der Waals surface area (Å²) in [4.78, 5) is 27.9. The number of benzene rings is 1. The van der Waals surface area contributed by atoms with Crippen LogP contribution < -0.4 is 16.4 Å². The maximum Gasteiger partial charge on any atom is 0.324 e. The number of rotatable bonds is 9. The van der Waals surface area contributed by atoms with Gasteiger partial charge in [0.2, 0.25) is 0 Å². The highest BCUT2D eigenvalue weighted by molar-refractivity contribution is 7.17. The quantitative estimate of drug-likeness (QED) is 0.552. The Morgan fingerprint density at radius 3 is 2.39 bits per heavy atom. The molecule has 1 heterocycles. The molecule has 0 fully saturated rings. The molecule has 0 saturated heterocycles. The predicted molar refractivity (Wildman–Crippen MR) is 118 cm³/mol. The van der Waals surface area contributed by atoms with E-state index in [0.717, 1.165) is 42.8 Å². The minimum Gasteiger partial charge on any atom is -0.365 e. The number of nitrogens with one attached hydrogen (secondary N) is 2. The molecule has 0 aliphatic carbocycles. The maximum absolute atomic E-state index is 12.4. The number of carbonyl (C=O) groups excluding carboxylic acids is 2. The summed E-state index contributed by atoms with van der Waals surface area (Å²) in [5.41, 5.74) is 7.64. The first-order valence-corrected chi connectivity index (χ1v) is 10.5. The number of thiophene rings is 1. The van der Waals surface area contributed by atoms with Crippen molar-refractivity contribution in [1.29, 1.82) is 0 Å². The van der Waals surface area contributed by atoms with E-state index in [0.29, 0.717) is 21.3 Å². The summed E-state index contributed by atoms with van der Waals surface area (Å²) >= 11 is 7.29. The molecular weight excluding hydrogens is 396 g/mol. The Kier molecular flexibility index (Phi) is 8.29. The highest BCUT2D eigenvalue weighted by Gasteiger charge is 2.23. The van der Waals surface area contributed by atoms with Crippen molar-refractivity contribution in [2.75, 3.05) is 30.8 Å². The second kappa shape index (κ2) is 10.5. The van der Waals surface area contributed by atoms with Crippen LogP contribution in [0.1, 0.15) is 41.1 Å². The number of likely N-dealkylation sites (N-methyl/N-ethyl adjacent to an activating group) is 1. The largest absolute Gasteiger partial charge is 0.365 e. The van der Waals surface area contributed by atoms with Crippen molar-refractivity contribution >= 4 is 45.6 Å². The van der Waals surface area contributed by atoms with Crippen molar-refractivity contribution in [3.05, 3.63) is 45.3 Å². The number of hydrogen-bond donors (Lipinski definition) is 3. The first-order valence-electron chi connectivity index (χ1n) is 9.32. The number of halogens is 1. The number of nitrogens with two attached hydrogens (primary N) is 1. The fourth-order valence-electron chi connectivity index (χ4n) is 2.83. The number of urea groups is 1. The molecule has 8 heteroatoms. The van der Waals surface area contributed by atoms with Crippen LogP contribution in [0.3, 0.4) is 0 Å². The summed E-state index contributed by atoms with van der Waals surface area (Å²) in [6, 6.07) is 6.38. The molecule has 1 aromatic carbocycles. The summed E-state index contributed by atoms with van der Waals surface area (Å²) < 4.78 is 0. The molecule has 0 aliphatic heterocycles. The number of anilines is 2. The maximum atomic E-state index is 12.4. The Balaban J connectivity index is 2.24. The number of primary amides is 1. The van der Waals surface area contributed by atoms with E-state index in [4.69, 9.17) is 17.3 Å². The second-order valence-electron chi connectivity index (χ2n) is 6.55. The molecule has 6 nitrogen and oxygen atoms in total. The Morgan fingerprint density at radius 1 is 1.14 bits per heavy atom. The third kappa shape index (κ3) is 5.95. The summed E-state index contributed by atoms with van der Waals surface area (Å²) in [5, 5.41) is 6.62. The van der Waals surface area contributed by atoms with Gasteiger partial charge in [-0.1, -0.05) is 31.9 Å². The van der Waals surface area contributed by atoms with Crippen LogP contribution in [0.25, 0.3) is 0 Å². The highest BCUT2D eigenvalue weighted by Crippen LogP contribution is 2.35. The van der Waals surface area contributed by atoms with Gasteiger partial charge in [0, 0.05) is 22.1 Å². The molecule has 2 aromatic rings. The summed E-state index contributed by atoms with van der Waals surface area (Å²) in [7, 11) is 2.06. The van der Waals surface area contributed by atoms with Crippen LogP contribution in [0.15, 0.2) is 24.3 Å². The molecule has 152 valence electrons. The molecule has 2 rings (SSSR count). The summed E-state index contributed by atoms with van der Waals surface area (Å²) in [5.74, 6) is -0.517. The van der Waals surface area contributed by atoms with Crippen molar-refractivity contribution in [2.24, 2.45) is 5.73 Å². The van der Waals surface area contributed by atoms with Gasteiger partial charge in [0.05, 0.1) is 5.56 Å². The first kappa shape index (κ1) is 22.2. The SMILES string of the molecule is CCCc1c(CCN(C)CC)sc(NC(=O)Nc2ccc(Cl)cc2)c1C(N)=O. The molecule has 0 atom stereocenters. The lowest BCUT2D eigenvalue weighted by Gasteiger charge is -2.13. The Bertz CT molecular complexity index is 820. The molecule has 3 amide bonds. The molecule has 0 bridgehead atoms. The van der Waals surface area contributed by atoms with E-state index in [1.807, 2.05) is 0 Å². The van der Waals surface area contributed by atoms with E-state index >= 15 is 0 Å². The van der Waals surface area contributed by atoms with Gasteiger partial charge in [-0.3, -0.25) is 10.1 Å². The molecular formula is C20H27ClN4O2S. The predicted octanol–water partition coefficient (Wildman–Crippen LogP) is 4.59. The van der Waals surface area contributed by atoms with Gasteiger partial charge >= 0.3 is 6.03 Å². The van der Waals surface area contributed by atoms with E-state index in [2.05, 4.69) is 36.4 Å². The van der Waals surface area contributed by atoms with Crippen LogP contribution in [-0.4, -0.2) is 37.0 Å². The summed E-state index contributed by atoms with van der Waals surface area (Å²) in [6.45, 7) is 5.99. The molecule has 1 aromatic heterocycles. The zero-order valence-electron chi connectivity index (χ0n) is 16.5. The standard InChI is InChI=1S/C20H27ClN4O2S/c1-4-6-15-16(11-12-25(3)5-2)28-19(17(15)18(22)26)24-20(27)23-14-9-7-13(21)8-10-14/h7-10H,4-6,11-12H2,1-3H3,(H2,22,26)(H2,23,24,27). The van der Waals surface area contributed by atoms with E-state index in [-0.39, 0.29) is 0 Å². The molecule has 0 saturated carbocycles. The second-order valence-corrected chi connectivity index (χ2v) is 8.10. The van der Waals surface area contributed by atoms with Crippen molar-refractivity contribution in [1.82, 2.24) is 4.90 Å². The van der Waals surface area contributed by atoms with E-state index < -0.39 is 11.9 Å². The van der Waals surface area contributed by atoms with Crippen LogP contribution in [0, 0.1) is 0 Å². The van der Waals surface area contributed by atoms with Crippen LogP contribution >= 0.6 is 22.9 Å². The molecule has 0 aliphatic rings. The minimum absolute atomic E-state index is 0.423. The summed E-state index contributed by atoms with van der Waals surface area (Å²) in [6.07, 6.45) is 2.45. The molecule has 0 unspecified atom stereocenters. The minimum atomic E-state index is -0.517. The average molecular weight is 423 g/mol. The van der Waals surface area contributed by atoms with E-state index in [1.165, 1.54) is 11.3 Å². The van der Waals surface area contributed by atoms with Crippen molar-refractivity contribution in [3.8, 4) is 0 Å². The Hall–Kier alpha value is -2.09. The highest BCUT2D eigenvalue weighted by atomic mass is 35.5. The zero-order valence-corrected chi connectivity index (χ0v) is 18.0. The van der Waals surface area contributed by atoms with Gasteiger partial charge in [0.1, 0.15) is 5.00 Å². The molecule has 0 radical (unpaired) electrons. The monoisotopic (exact) mass is 422 g/mol. The van der Waals surface area contributed by atoms with Gasteiger partial charge in [-0.2, -0.15) is 0 Å². The van der Waals surface area contributed by atoms with Gasteiger partial charge in [-0.25, -0.2) is 4.79 Å². The van der Waals surface area contributed by atoms with Gasteiger partial charge < -0.3 is 16.0 Å². The smallest absolute Gasteiger partial charge is 0.324 e. The lowest BCUT2D eigenvalue weighted by atomic mass is 10.0. The van der Waals surface area contributed by atoms with Crippen LogP contribution in [0.5, 0.6) is 0 Å². The number of carbonyl (C=O) groups is 2. The molecule has 28 heavy (non-hydrogen) atoms. The fraction of sp³-hybridized carbons (Fsp3) is 0.400. The van der Waals surface area contributed by atoms with E-state index in [1.54, 1.807) is 24.3 Å². The zero-order chi connectivity index (χ0) is 20.7. The van der Waals surface area contributed by atoms with Crippen LogP contribution in [0.2, 0.25) is 5.02 Å². The number of amides is 3. The Labute approximate surface area is 175 Å². The fourth-order valence-corrected chi connectivity index (χ4v) is 4.19. The molecule has 0 spiro atoms. The van der Waals surface area contributed by atoms with Gasteiger partial charge in [-0.05, 0) is 56.3 Å². The number of nitrogens with zero attached hydrogens (tertiary/aromatic N) is 1. The van der Waals surface area contributed by atoms with Gasteiger partial charge in [0.25, 0.3) is 5.91 Å². The first-order chi connectivity index (χ1) is 13.3. The van der Waals surface area contributed by atoms with Crippen LogP contribution in [0.4, 0.5) is 15.5 Å². The van der Waals surface area contributed by atoms with Gasteiger partial charge in [-0.15, -0.1) is 11.3 Å². The normalized spacial score (nSPS) is 10.9. The number of hydrogen-bond acceptors (Lipinski definition) is 4. The van der Waals surface area contributed by atoms with Crippen LogP contribution in [-0.2, 0) is 12.8 Å². The third-order valence-electron chi connectivity index (χ3n) is 4.43. The topological polar surface area (TPSA) is 87.5 Å². The molecule has 4 N–H and O–H groups in total. The lowest BCUT2D eigenvalue weighted by Crippen LogP contribution is -2.22. The van der Waals surface area contributed by atoms with Crippen molar-refractivity contribution in [2.45, 2.75) is 33.1 Å². The van der Waals surface area contributed by atoms with Crippen molar-refractivity contribution in [3.63, 3.8) is 0 Å². The van der Waals surface area contributed by atoms with E-state index in [9.17, 15) is 9.59 Å². The Morgan fingerprint density at radius 2 is 1.82 bits per heavy atom. The average Bonchev–Trinajstić information content (AvgIpc) is 2.99.